The Bertz CT molecular complexity index is 279. The molecule has 0 fully saturated rings. The minimum Gasteiger partial charge on any atom is -0.393 e. The maximum atomic E-state index is 5.72. The summed E-state index contributed by atoms with van der Waals surface area (Å²) in [6.07, 6.45) is 1.78. The lowest BCUT2D eigenvalue weighted by molar-refractivity contribution is 0.0874. The van der Waals surface area contributed by atoms with Crippen LogP contribution in [0.1, 0.15) is 19.4 Å². The van der Waals surface area contributed by atoms with Crippen molar-refractivity contribution in [3.8, 4) is 0 Å². The van der Waals surface area contributed by atoms with Crippen molar-refractivity contribution in [2.24, 2.45) is 5.16 Å². The lowest BCUT2D eigenvalue weighted by Gasteiger charge is -2.00. The summed E-state index contributed by atoms with van der Waals surface area (Å²) >= 11 is 5.72. The van der Waals surface area contributed by atoms with Gasteiger partial charge in [0.05, 0.1) is 6.21 Å². The Kier molecular flexibility index (Phi) is 3.77. The molecule has 0 saturated heterocycles. The molecule has 0 spiro atoms. The van der Waals surface area contributed by atoms with Gasteiger partial charge in [0.25, 0.3) is 0 Å². The van der Waals surface area contributed by atoms with Crippen LogP contribution >= 0.6 is 11.6 Å². The van der Waals surface area contributed by atoms with E-state index in [2.05, 4.69) is 5.16 Å². The van der Waals surface area contributed by atoms with Gasteiger partial charge in [-0.3, -0.25) is 0 Å². The van der Waals surface area contributed by atoms with Gasteiger partial charge in [0.1, 0.15) is 6.10 Å². The molecule has 0 aliphatic carbocycles. The number of halogens is 1. The van der Waals surface area contributed by atoms with E-state index >= 15 is 0 Å². The third-order valence-corrected chi connectivity index (χ3v) is 1.60. The number of benzene rings is 1. The summed E-state index contributed by atoms with van der Waals surface area (Å²) < 4.78 is 0. The van der Waals surface area contributed by atoms with E-state index in [1.54, 1.807) is 6.21 Å². The molecule has 0 aliphatic heterocycles. The van der Waals surface area contributed by atoms with Gasteiger partial charge in [-0.05, 0) is 31.5 Å². The van der Waals surface area contributed by atoms with Crippen molar-refractivity contribution in [1.29, 1.82) is 0 Å². The van der Waals surface area contributed by atoms with Gasteiger partial charge in [-0.25, -0.2) is 0 Å². The van der Waals surface area contributed by atoms with Gasteiger partial charge in [-0.2, -0.15) is 0 Å². The van der Waals surface area contributed by atoms with Crippen LogP contribution in [0.3, 0.4) is 0 Å². The molecule has 1 rings (SSSR count). The molecule has 0 heterocycles. The molecule has 0 amide bonds. The second-order valence-electron chi connectivity index (χ2n) is 2.94. The van der Waals surface area contributed by atoms with Crippen molar-refractivity contribution >= 4 is 17.8 Å². The first-order chi connectivity index (χ1) is 6.18. The van der Waals surface area contributed by atoms with Crippen molar-refractivity contribution in [3.63, 3.8) is 0 Å². The summed E-state index contributed by atoms with van der Waals surface area (Å²) in [5.41, 5.74) is 0.977. The molecule has 2 nitrogen and oxygen atoms in total. The van der Waals surface area contributed by atoms with Crippen LogP contribution in [-0.4, -0.2) is 12.3 Å². The van der Waals surface area contributed by atoms with Gasteiger partial charge < -0.3 is 4.84 Å². The highest BCUT2D eigenvalue weighted by molar-refractivity contribution is 6.30. The lowest BCUT2D eigenvalue weighted by atomic mass is 10.2. The summed E-state index contributed by atoms with van der Waals surface area (Å²) in [5, 5.41) is 4.53. The first kappa shape index (κ1) is 10.1. The molecule has 0 radical (unpaired) electrons. The Hall–Kier alpha value is -1.02. The van der Waals surface area contributed by atoms with Crippen molar-refractivity contribution in [2.45, 2.75) is 20.0 Å². The number of oxime groups is 1. The van der Waals surface area contributed by atoms with Crippen LogP contribution in [0.4, 0.5) is 0 Å². The predicted molar refractivity (Wildman–Crippen MR) is 55.3 cm³/mol. The summed E-state index contributed by atoms with van der Waals surface area (Å²) in [6.45, 7) is 3.86. The minimum atomic E-state index is 0.114. The number of hydrogen-bond donors (Lipinski definition) is 0. The van der Waals surface area contributed by atoms with Crippen molar-refractivity contribution in [2.75, 3.05) is 0 Å². The Morgan fingerprint density at radius 2 is 1.92 bits per heavy atom. The molecule has 0 N–H and O–H groups in total. The van der Waals surface area contributed by atoms with E-state index in [0.717, 1.165) is 10.6 Å². The smallest absolute Gasteiger partial charge is 0.122 e. The third kappa shape index (κ3) is 3.95. The molecule has 3 heteroatoms. The molecule has 0 aliphatic rings. The average molecular weight is 198 g/mol. The van der Waals surface area contributed by atoms with Gasteiger partial charge in [-0.1, -0.05) is 28.9 Å². The highest BCUT2D eigenvalue weighted by Crippen LogP contribution is 2.07. The minimum absolute atomic E-state index is 0.114. The first-order valence-corrected chi connectivity index (χ1v) is 4.51. The molecule has 0 atom stereocenters. The second-order valence-corrected chi connectivity index (χ2v) is 3.38. The molecule has 1 aromatic carbocycles. The van der Waals surface area contributed by atoms with Crippen LogP contribution in [0.25, 0.3) is 0 Å². The zero-order chi connectivity index (χ0) is 9.68. The summed E-state index contributed by atoms with van der Waals surface area (Å²) in [5.74, 6) is 0. The van der Waals surface area contributed by atoms with Gasteiger partial charge in [0.15, 0.2) is 0 Å². The topological polar surface area (TPSA) is 21.6 Å². The van der Waals surface area contributed by atoms with Crippen LogP contribution in [0, 0.1) is 0 Å². The van der Waals surface area contributed by atoms with E-state index in [1.165, 1.54) is 0 Å². The van der Waals surface area contributed by atoms with Crippen LogP contribution < -0.4 is 0 Å². The highest BCUT2D eigenvalue weighted by Gasteiger charge is 1.90. The van der Waals surface area contributed by atoms with Crippen LogP contribution in [-0.2, 0) is 4.84 Å². The van der Waals surface area contributed by atoms with Crippen molar-refractivity contribution in [1.82, 2.24) is 0 Å². The maximum Gasteiger partial charge on any atom is 0.122 e. The molecular weight excluding hydrogens is 186 g/mol. The Morgan fingerprint density at radius 1 is 1.31 bits per heavy atom. The van der Waals surface area contributed by atoms with Crippen LogP contribution in [0.15, 0.2) is 29.4 Å². The van der Waals surface area contributed by atoms with E-state index in [4.69, 9.17) is 16.4 Å². The normalized spacial score (nSPS) is 11.1. The largest absolute Gasteiger partial charge is 0.393 e. The number of hydrogen-bond acceptors (Lipinski definition) is 2. The third-order valence-electron chi connectivity index (χ3n) is 1.34. The lowest BCUT2D eigenvalue weighted by Crippen LogP contribution is -1.95. The van der Waals surface area contributed by atoms with Gasteiger partial charge >= 0.3 is 0 Å². The van der Waals surface area contributed by atoms with Gasteiger partial charge in [-0.15, -0.1) is 0 Å². The van der Waals surface area contributed by atoms with Crippen molar-refractivity contribution in [3.05, 3.63) is 34.9 Å². The van der Waals surface area contributed by atoms with Gasteiger partial charge in [0.2, 0.25) is 0 Å². The average Bonchev–Trinajstić information content (AvgIpc) is 2.08. The molecule has 1 aromatic rings. The van der Waals surface area contributed by atoms with Gasteiger partial charge in [0, 0.05) is 5.02 Å². The highest BCUT2D eigenvalue weighted by atomic mass is 35.5. The number of rotatable bonds is 3. The van der Waals surface area contributed by atoms with E-state index in [0.29, 0.717) is 0 Å². The number of nitrogens with zero attached hydrogens (tertiary/aromatic N) is 1. The molecule has 70 valence electrons. The summed E-state index contributed by atoms with van der Waals surface area (Å²) in [7, 11) is 0. The van der Waals surface area contributed by atoms with E-state index < -0.39 is 0 Å². The van der Waals surface area contributed by atoms with Crippen LogP contribution in [0.5, 0.6) is 0 Å². The van der Waals surface area contributed by atoms with Crippen molar-refractivity contribution < 1.29 is 4.84 Å². The Balaban J connectivity index is 2.54. The summed E-state index contributed by atoms with van der Waals surface area (Å²) in [4.78, 5) is 5.01. The Labute approximate surface area is 83.2 Å². The second kappa shape index (κ2) is 4.87. The maximum absolute atomic E-state index is 5.72. The molecule has 13 heavy (non-hydrogen) atoms. The zero-order valence-electron chi connectivity index (χ0n) is 7.70. The quantitative estimate of drug-likeness (QED) is 0.539. The molecular formula is C10H12ClNO. The van der Waals surface area contributed by atoms with E-state index in [1.807, 2.05) is 38.1 Å². The van der Waals surface area contributed by atoms with E-state index in [9.17, 15) is 0 Å². The summed E-state index contributed by atoms with van der Waals surface area (Å²) in [6, 6.07) is 7.40. The molecule has 0 bridgehead atoms. The van der Waals surface area contributed by atoms with Crippen LogP contribution in [0.2, 0.25) is 5.02 Å². The predicted octanol–water partition coefficient (Wildman–Crippen LogP) is 3.10. The molecule has 0 aromatic heterocycles. The SMILES string of the molecule is CC(C)ON=Cc1ccc(Cl)cc1. The zero-order valence-corrected chi connectivity index (χ0v) is 8.45. The monoisotopic (exact) mass is 197 g/mol. The fourth-order valence-electron chi connectivity index (χ4n) is 0.762. The molecule has 0 unspecified atom stereocenters. The fourth-order valence-corrected chi connectivity index (χ4v) is 0.888. The molecule has 0 saturated carbocycles. The fraction of sp³-hybridized carbons (Fsp3) is 0.300. The van der Waals surface area contributed by atoms with E-state index in [-0.39, 0.29) is 6.10 Å². The standard InChI is InChI=1S/C10H12ClNO/c1-8(2)13-12-7-9-3-5-10(11)6-4-9/h3-8H,1-2H3. The Morgan fingerprint density at radius 3 is 2.46 bits per heavy atom. The first-order valence-electron chi connectivity index (χ1n) is 4.13.